The van der Waals surface area contributed by atoms with Crippen molar-refractivity contribution in [2.75, 3.05) is 13.2 Å². The Morgan fingerprint density at radius 3 is 2.44 bits per heavy atom. The zero-order valence-electron chi connectivity index (χ0n) is 12.0. The van der Waals surface area contributed by atoms with Crippen molar-refractivity contribution in [2.45, 2.75) is 51.0 Å². The maximum Gasteiger partial charge on any atom is 0.0748 e. The van der Waals surface area contributed by atoms with Gasteiger partial charge >= 0.3 is 0 Å². The minimum Gasteiger partial charge on any atom is -0.376 e. The molecule has 0 saturated carbocycles. The number of hydrogen-bond donors (Lipinski definition) is 1. The average molecular weight is 248 g/mol. The van der Waals surface area contributed by atoms with Crippen molar-refractivity contribution in [3.8, 4) is 0 Å². The van der Waals surface area contributed by atoms with E-state index in [9.17, 15) is 0 Å². The fourth-order valence-electron chi connectivity index (χ4n) is 3.33. The van der Waals surface area contributed by atoms with Gasteiger partial charge < -0.3 is 10.5 Å². The quantitative estimate of drug-likeness (QED) is 0.876. The van der Waals surface area contributed by atoms with Gasteiger partial charge in [-0.2, -0.15) is 0 Å². The van der Waals surface area contributed by atoms with E-state index in [4.69, 9.17) is 4.74 Å². The molecule has 18 heavy (non-hydrogen) atoms. The first-order valence-corrected chi connectivity index (χ1v) is 6.98. The highest BCUT2D eigenvalue weighted by Crippen LogP contribution is 2.43. The summed E-state index contributed by atoms with van der Waals surface area (Å²) in [5.41, 5.74) is 7.11. The number of benzene rings is 1. The second-order valence-corrected chi connectivity index (χ2v) is 6.28. The summed E-state index contributed by atoms with van der Waals surface area (Å²) in [4.78, 5) is 0. The molecule has 1 fully saturated rings. The van der Waals surface area contributed by atoms with E-state index in [0.717, 1.165) is 32.4 Å². The Bertz CT molecular complexity index is 392. The smallest absolute Gasteiger partial charge is 0.0748 e. The summed E-state index contributed by atoms with van der Waals surface area (Å²) in [6.07, 6.45) is 3.37. The van der Waals surface area contributed by atoms with Crippen LogP contribution in [0.15, 0.2) is 24.3 Å². The van der Waals surface area contributed by atoms with Crippen LogP contribution in [-0.4, -0.2) is 18.8 Å². The molecule has 3 N–H and O–H groups in total. The van der Waals surface area contributed by atoms with Gasteiger partial charge in [0.25, 0.3) is 0 Å². The highest BCUT2D eigenvalue weighted by Gasteiger charge is 2.41. The summed E-state index contributed by atoms with van der Waals surface area (Å²) in [7, 11) is 0. The van der Waals surface area contributed by atoms with Gasteiger partial charge in [0.05, 0.1) is 12.1 Å². The lowest BCUT2D eigenvalue weighted by atomic mass is 9.67. The van der Waals surface area contributed by atoms with Crippen LogP contribution < -0.4 is 5.73 Å². The SMILES string of the molecule is Cc1ccc([C@@]2(CC[NH3+])CCOC(C)(C)C2)cc1. The second-order valence-electron chi connectivity index (χ2n) is 6.28. The Labute approximate surface area is 111 Å². The molecule has 0 amide bonds. The first-order chi connectivity index (χ1) is 8.47. The molecule has 0 aromatic heterocycles. The van der Waals surface area contributed by atoms with Gasteiger partial charge in [-0.3, -0.25) is 0 Å². The van der Waals surface area contributed by atoms with Crippen LogP contribution in [-0.2, 0) is 10.2 Å². The van der Waals surface area contributed by atoms with Gasteiger partial charge in [0, 0.05) is 18.4 Å². The Hall–Kier alpha value is -0.860. The van der Waals surface area contributed by atoms with Crippen molar-refractivity contribution in [1.29, 1.82) is 0 Å². The van der Waals surface area contributed by atoms with E-state index >= 15 is 0 Å². The van der Waals surface area contributed by atoms with Crippen molar-refractivity contribution in [1.82, 2.24) is 0 Å². The van der Waals surface area contributed by atoms with Crippen LogP contribution in [0.4, 0.5) is 0 Å². The normalized spacial score (nSPS) is 27.1. The monoisotopic (exact) mass is 248 g/mol. The predicted molar refractivity (Wildman–Crippen MR) is 74.5 cm³/mol. The van der Waals surface area contributed by atoms with Crippen molar-refractivity contribution < 1.29 is 10.5 Å². The van der Waals surface area contributed by atoms with Gasteiger partial charge in [-0.05, 0) is 39.2 Å². The van der Waals surface area contributed by atoms with Crippen LogP contribution in [0.2, 0.25) is 0 Å². The minimum atomic E-state index is -0.0156. The molecule has 2 heteroatoms. The van der Waals surface area contributed by atoms with Gasteiger partial charge in [-0.1, -0.05) is 29.8 Å². The molecule has 1 atom stereocenters. The number of aryl methyl sites for hydroxylation is 1. The number of rotatable bonds is 3. The third-order valence-electron chi connectivity index (χ3n) is 4.16. The molecular weight excluding hydrogens is 222 g/mol. The van der Waals surface area contributed by atoms with Gasteiger partial charge in [-0.15, -0.1) is 0 Å². The van der Waals surface area contributed by atoms with E-state index in [1.54, 1.807) is 0 Å². The van der Waals surface area contributed by atoms with Crippen molar-refractivity contribution in [3.63, 3.8) is 0 Å². The lowest BCUT2D eigenvalue weighted by Gasteiger charge is -2.45. The number of hydrogen-bond acceptors (Lipinski definition) is 1. The lowest BCUT2D eigenvalue weighted by Crippen LogP contribution is -2.55. The van der Waals surface area contributed by atoms with Crippen LogP contribution in [0.25, 0.3) is 0 Å². The molecule has 1 saturated heterocycles. The van der Waals surface area contributed by atoms with Crippen LogP contribution in [0.1, 0.15) is 44.2 Å². The summed E-state index contributed by atoms with van der Waals surface area (Å²) in [6.45, 7) is 8.41. The summed E-state index contributed by atoms with van der Waals surface area (Å²) in [5, 5.41) is 0. The topological polar surface area (TPSA) is 36.9 Å². The van der Waals surface area contributed by atoms with E-state index in [1.165, 1.54) is 11.1 Å². The van der Waals surface area contributed by atoms with Crippen molar-refractivity contribution in [2.24, 2.45) is 0 Å². The number of ether oxygens (including phenoxy) is 1. The zero-order chi connectivity index (χ0) is 13.2. The molecule has 1 aromatic rings. The van der Waals surface area contributed by atoms with E-state index < -0.39 is 0 Å². The van der Waals surface area contributed by atoms with Crippen LogP contribution >= 0.6 is 0 Å². The predicted octanol–water partition coefficient (Wildman–Crippen LogP) is 2.45. The summed E-state index contributed by atoms with van der Waals surface area (Å²) < 4.78 is 5.89. The maximum atomic E-state index is 5.89. The lowest BCUT2D eigenvalue weighted by molar-refractivity contribution is -0.372. The minimum absolute atomic E-state index is 0.0156. The highest BCUT2D eigenvalue weighted by atomic mass is 16.5. The van der Waals surface area contributed by atoms with E-state index in [1.807, 2.05) is 0 Å². The van der Waals surface area contributed by atoms with E-state index in [-0.39, 0.29) is 11.0 Å². The van der Waals surface area contributed by atoms with Gasteiger partial charge in [-0.25, -0.2) is 0 Å². The Morgan fingerprint density at radius 2 is 1.89 bits per heavy atom. The first kappa shape index (κ1) is 13.6. The van der Waals surface area contributed by atoms with Gasteiger partial charge in [0.1, 0.15) is 0 Å². The van der Waals surface area contributed by atoms with Gasteiger partial charge in [0.2, 0.25) is 0 Å². The molecule has 2 rings (SSSR count). The van der Waals surface area contributed by atoms with E-state index in [0.29, 0.717) is 0 Å². The largest absolute Gasteiger partial charge is 0.376 e. The molecule has 2 nitrogen and oxygen atoms in total. The molecule has 0 unspecified atom stereocenters. The molecule has 0 bridgehead atoms. The van der Waals surface area contributed by atoms with E-state index in [2.05, 4.69) is 50.8 Å². The summed E-state index contributed by atoms with van der Waals surface area (Å²) >= 11 is 0. The molecule has 100 valence electrons. The fourth-order valence-corrected chi connectivity index (χ4v) is 3.33. The second kappa shape index (κ2) is 5.02. The Balaban J connectivity index is 2.34. The van der Waals surface area contributed by atoms with Crippen molar-refractivity contribution in [3.05, 3.63) is 35.4 Å². The van der Waals surface area contributed by atoms with Gasteiger partial charge in [0.15, 0.2) is 0 Å². The standard InChI is InChI=1S/C16H25NO/c1-13-4-6-14(7-5-13)16(8-10-17)9-11-18-15(2,3)12-16/h4-7H,8-12,17H2,1-3H3/p+1/t16-/m0/s1. The van der Waals surface area contributed by atoms with Crippen LogP contribution in [0, 0.1) is 6.92 Å². The highest BCUT2D eigenvalue weighted by molar-refractivity contribution is 5.30. The third kappa shape index (κ3) is 2.76. The molecule has 0 aliphatic carbocycles. The Kier molecular flexibility index (Phi) is 3.79. The zero-order valence-corrected chi connectivity index (χ0v) is 12.0. The molecule has 1 aliphatic heterocycles. The number of quaternary nitrogens is 1. The summed E-state index contributed by atoms with van der Waals surface area (Å²) in [5.74, 6) is 0. The maximum absolute atomic E-state index is 5.89. The molecule has 1 aromatic carbocycles. The molecule has 0 spiro atoms. The molecule has 0 radical (unpaired) electrons. The third-order valence-corrected chi connectivity index (χ3v) is 4.16. The first-order valence-electron chi connectivity index (χ1n) is 6.98. The average Bonchev–Trinajstić information content (AvgIpc) is 2.28. The molecule has 1 aliphatic rings. The Morgan fingerprint density at radius 1 is 1.22 bits per heavy atom. The molecule has 1 heterocycles. The van der Waals surface area contributed by atoms with Crippen LogP contribution in [0.3, 0.4) is 0 Å². The van der Waals surface area contributed by atoms with Crippen molar-refractivity contribution >= 4 is 0 Å². The fraction of sp³-hybridized carbons (Fsp3) is 0.625. The van der Waals surface area contributed by atoms with Crippen LogP contribution in [0.5, 0.6) is 0 Å². The molecular formula is C16H26NO+. The summed E-state index contributed by atoms with van der Waals surface area (Å²) in [6, 6.07) is 9.05.